The lowest BCUT2D eigenvalue weighted by Gasteiger charge is -2.01. The Morgan fingerprint density at radius 1 is 0.600 bits per heavy atom. The molecule has 2 heteroatoms. The van der Waals surface area contributed by atoms with E-state index in [1.54, 1.807) is 0 Å². The molecule has 0 saturated carbocycles. The van der Waals surface area contributed by atoms with Gasteiger partial charge in [-0.1, -0.05) is 64.7 Å². The van der Waals surface area contributed by atoms with E-state index in [4.69, 9.17) is 0 Å². The number of quaternary nitrogens is 1. The summed E-state index contributed by atoms with van der Waals surface area (Å²) in [5.74, 6) is 0. The number of hydrogen-bond donors (Lipinski definition) is 1. The van der Waals surface area contributed by atoms with E-state index in [0.29, 0.717) is 0 Å². The smallest absolute Gasteiger partial charge is 0.0739 e. The quantitative estimate of drug-likeness (QED) is 0.535. The van der Waals surface area contributed by atoms with Crippen LogP contribution in [0.1, 0.15) is 77.6 Å². The number of hydrogen-bond acceptors (Lipinski definition) is 0. The summed E-state index contributed by atoms with van der Waals surface area (Å²) in [6.45, 7) is 3.40. The van der Waals surface area contributed by atoms with E-state index in [0.717, 1.165) is 6.54 Å². The molecule has 0 atom stereocenters. The zero-order chi connectivity index (χ0) is 10.5. The highest BCUT2D eigenvalue weighted by Crippen LogP contribution is 2.10. The highest BCUT2D eigenvalue weighted by molar-refractivity contribution is 4.47. The Morgan fingerprint density at radius 2 is 0.933 bits per heavy atom. The fraction of sp³-hybridized carbons (Fsp3) is 1.00. The van der Waals surface area contributed by atoms with Crippen LogP contribution in [0, 0.1) is 0 Å². The highest BCUT2D eigenvalue weighted by atomic mass is 79.9. The molecule has 0 radical (unpaired) electrons. The fourth-order valence-electron chi connectivity index (χ4n) is 1.84. The van der Waals surface area contributed by atoms with E-state index >= 15 is 0 Å². The SMILES string of the molecule is CCCCCCCCCCCCC[NH3+].[Br-]. The predicted molar refractivity (Wildman–Crippen MR) is 64.2 cm³/mol. The molecule has 0 aliphatic carbocycles. The molecular formula is C13H30BrN. The molecule has 0 spiro atoms. The van der Waals surface area contributed by atoms with Gasteiger partial charge in [-0.15, -0.1) is 0 Å². The molecule has 0 saturated heterocycles. The van der Waals surface area contributed by atoms with Gasteiger partial charge in [0, 0.05) is 0 Å². The van der Waals surface area contributed by atoms with Gasteiger partial charge in [0.05, 0.1) is 6.54 Å². The van der Waals surface area contributed by atoms with Crippen molar-refractivity contribution in [1.29, 1.82) is 0 Å². The molecule has 0 aromatic rings. The maximum atomic E-state index is 3.86. The molecule has 0 aromatic heterocycles. The largest absolute Gasteiger partial charge is 1.00 e. The lowest BCUT2D eigenvalue weighted by atomic mass is 10.1. The molecule has 0 aromatic carbocycles. The van der Waals surface area contributed by atoms with E-state index in [1.807, 2.05) is 0 Å². The fourth-order valence-corrected chi connectivity index (χ4v) is 1.84. The summed E-state index contributed by atoms with van der Waals surface area (Å²) >= 11 is 0. The van der Waals surface area contributed by atoms with Crippen molar-refractivity contribution in [3.05, 3.63) is 0 Å². The molecule has 15 heavy (non-hydrogen) atoms. The van der Waals surface area contributed by atoms with Gasteiger partial charge in [-0.3, -0.25) is 0 Å². The van der Waals surface area contributed by atoms with Crippen LogP contribution in [0.25, 0.3) is 0 Å². The molecule has 0 aliphatic rings. The van der Waals surface area contributed by atoms with Gasteiger partial charge in [-0.05, 0) is 12.8 Å². The Bertz CT molecular complexity index is 84.5. The average molecular weight is 280 g/mol. The van der Waals surface area contributed by atoms with Crippen molar-refractivity contribution in [1.82, 2.24) is 0 Å². The van der Waals surface area contributed by atoms with Crippen LogP contribution < -0.4 is 22.7 Å². The number of rotatable bonds is 11. The normalized spacial score (nSPS) is 10.0. The van der Waals surface area contributed by atoms with E-state index in [9.17, 15) is 0 Å². The summed E-state index contributed by atoms with van der Waals surface area (Å²) in [6.07, 6.45) is 15.7. The monoisotopic (exact) mass is 279 g/mol. The van der Waals surface area contributed by atoms with Crippen LogP contribution in [-0.2, 0) is 0 Å². The molecular weight excluding hydrogens is 250 g/mol. The Morgan fingerprint density at radius 3 is 1.27 bits per heavy atom. The summed E-state index contributed by atoms with van der Waals surface area (Å²) in [4.78, 5) is 0. The molecule has 0 heterocycles. The minimum absolute atomic E-state index is 0. The number of halogens is 1. The summed E-state index contributed by atoms with van der Waals surface area (Å²) in [6, 6.07) is 0. The van der Waals surface area contributed by atoms with Crippen molar-refractivity contribution in [3.63, 3.8) is 0 Å². The van der Waals surface area contributed by atoms with Gasteiger partial charge in [-0.2, -0.15) is 0 Å². The van der Waals surface area contributed by atoms with E-state index in [-0.39, 0.29) is 17.0 Å². The third-order valence-corrected chi connectivity index (χ3v) is 2.85. The zero-order valence-electron chi connectivity index (χ0n) is 10.6. The third kappa shape index (κ3) is 17.1. The van der Waals surface area contributed by atoms with Crippen molar-refractivity contribution >= 4 is 0 Å². The maximum absolute atomic E-state index is 3.86. The standard InChI is InChI=1S/C13H29N.BrH/c1-2-3-4-5-6-7-8-9-10-11-12-13-14;/h2-14H2,1H3;1H. The van der Waals surface area contributed by atoms with Crippen LogP contribution in [0.2, 0.25) is 0 Å². The lowest BCUT2D eigenvalue weighted by Crippen LogP contribution is -3.00. The van der Waals surface area contributed by atoms with E-state index in [2.05, 4.69) is 12.7 Å². The molecule has 0 aliphatic heterocycles. The van der Waals surface area contributed by atoms with Crippen LogP contribution in [0.3, 0.4) is 0 Å². The first-order valence-electron chi connectivity index (χ1n) is 6.71. The molecule has 0 fully saturated rings. The second-order valence-corrected chi connectivity index (χ2v) is 4.39. The number of unbranched alkanes of at least 4 members (excludes halogenated alkanes) is 10. The first kappa shape index (κ1) is 17.8. The molecule has 0 bridgehead atoms. The van der Waals surface area contributed by atoms with E-state index < -0.39 is 0 Å². The Kier molecular flexibility index (Phi) is 20.0. The molecule has 1 nitrogen and oxygen atoms in total. The minimum atomic E-state index is 0. The summed E-state index contributed by atoms with van der Waals surface area (Å²) in [5, 5.41) is 0. The van der Waals surface area contributed by atoms with Gasteiger partial charge in [0.2, 0.25) is 0 Å². The molecule has 3 N–H and O–H groups in total. The first-order valence-corrected chi connectivity index (χ1v) is 6.71. The Hall–Kier alpha value is 0.440. The molecule has 0 amide bonds. The van der Waals surface area contributed by atoms with Gasteiger partial charge in [-0.25, -0.2) is 0 Å². The summed E-state index contributed by atoms with van der Waals surface area (Å²) < 4.78 is 0. The van der Waals surface area contributed by atoms with Crippen LogP contribution in [-0.4, -0.2) is 6.54 Å². The van der Waals surface area contributed by atoms with Crippen molar-refractivity contribution in [2.75, 3.05) is 6.54 Å². The van der Waals surface area contributed by atoms with Crippen LogP contribution in [0.5, 0.6) is 0 Å². The van der Waals surface area contributed by atoms with Gasteiger partial charge in [0.1, 0.15) is 0 Å². The van der Waals surface area contributed by atoms with Gasteiger partial charge < -0.3 is 22.7 Å². The van der Waals surface area contributed by atoms with Crippen LogP contribution in [0.4, 0.5) is 0 Å². The second-order valence-electron chi connectivity index (χ2n) is 4.39. The van der Waals surface area contributed by atoms with Crippen LogP contribution >= 0.6 is 0 Å². The highest BCUT2D eigenvalue weighted by Gasteiger charge is 1.92. The Balaban J connectivity index is 0. The zero-order valence-corrected chi connectivity index (χ0v) is 12.2. The maximum Gasteiger partial charge on any atom is 0.0739 e. The topological polar surface area (TPSA) is 27.6 Å². The van der Waals surface area contributed by atoms with Crippen molar-refractivity contribution in [2.24, 2.45) is 0 Å². The average Bonchev–Trinajstić information content (AvgIpc) is 2.21. The third-order valence-electron chi connectivity index (χ3n) is 2.85. The van der Waals surface area contributed by atoms with Gasteiger partial charge in [0.25, 0.3) is 0 Å². The van der Waals surface area contributed by atoms with Gasteiger partial charge in [0.15, 0.2) is 0 Å². The Labute approximate surface area is 107 Å². The van der Waals surface area contributed by atoms with E-state index in [1.165, 1.54) is 70.6 Å². The lowest BCUT2D eigenvalue weighted by molar-refractivity contribution is -0.368. The first-order chi connectivity index (χ1) is 6.91. The minimum Gasteiger partial charge on any atom is -1.00 e. The van der Waals surface area contributed by atoms with Crippen LogP contribution in [0.15, 0.2) is 0 Å². The molecule has 94 valence electrons. The molecule has 0 unspecified atom stereocenters. The van der Waals surface area contributed by atoms with Crippen molar-refractivity contribution < 1.29 is 22.7 Å². The van der Waals surface area contributed by atoms with Crippen molar-refractivity contribution in [2.45, 2.75) is 77.6 Å². The molecule has 0 rings (SSSR count). The summed E-state index contributed by atoms with van der Waals surface area (Å²) in [5.41, 5.74) is 3.86. The predicted octanol–water partition coefficient (Wildman–Crippen LogP) is 0.543. The van der Waals surface area contributed by atoms with Gasteiger partial charge >= 0.3 is 0 Å². The summed E-state index contributed by atoms with van der Waals surface area (Å²) in [7, 11) is 0. The second kappa shape index (κ2) is 16.9. The van der Waals surface area contributed by atoms with Crippen molar-refractivity contribution in [3.8, 4) is 0 Å².